The number of hydrogen-bond donors (Lipinski definition) is 0. The predicted molar refractivity (Wildman–Crippen MR) is 94.2 cm³/mol. The van der Waals surface area contributed by atoms with Crippen LogP contribution in [0.1, 0.15) is 110 Å². The molecule has 0 aliphatic heterocycles. The molecule has 22 heavy (non-hydrogen) atoms. The Hall–Kier alpha value is 0.626. The van der Waals surface area contributed by atoms with E-state index in [0.717, 1.165) is 6.42 Å². The molecule has 0 unspecified atom stereocenters. The molecule has 0 aliphatic rings. The maximum absolute atomic E-state index is 11.0. The first-order valence-electron chi connectivity index (χ1n) is 9.38. The van der Waals surface area contributed by atoms with Crippen LogP contribution in [0.3, 0.4) is 0 Å². The van der Waals surface area contributed by atoms with Crippen molar-refractivity contribution in [2.75, 3.05) is 0 Å². The number of rotatable bonds is 16. The molecule has 0 amide bonds. The maximum atomic E-state index is 11.0. The van der Waals surface area contributed by atoms with Crippen molar-refractivity contribution < 1.29 is 28.1 Å². The molecule has 0 aromatic heterocycles. The molecule has 4 heteroatoms. The summed E-state index contributed by atoms with van der Waals surface area (Å²) in [5.41, 5.74) is 0. The molecule has 0 saturated heterocycles. The van der Waals surface area contributed by atoms with Gasteiger partial charge < -0.3 is 3.79 Å². The van der Waals surface area contributed by atoms with Crippen molar-refractivity contribution in [1.29, 1.82) is 0 Å². The van der Waals surface area contributed by atoms with Crippen LogP contribution in [0.15, 0.2) is 0 Å². The summed E-state index contributed by atoms with van der Waals surface area (Å²) in [5, 5.41) is 0. The van der Waals surface area contributed by atoms with Crippen LogP contribution in [0.5, 0.6) is 0 Å². The Balaban J connectivity index is 0. The summed E-state index contributed by atoms with van der Waals surface area (Å²) in [6, 6.07) is 0. The molecule has 0 rings (SSSR count). The van der Waals surface area contributed by atoms with Crippen LogP contribution in [-0.4, -0.2) is 22.6 Å². The van der Waals surface area contributed by atoms with Gasteiger partial charge in [-0.05, 0) is 6.42 Å². The summed E-state index contributed by atoms with van der Waals surface area (Å²) >= 11 is 0.544. The third kappa shape index (κ3) is 20.6. The van der Waals surface area contributed by atoms with E-state index in [1.807, 2.05) is 0 Å². The fourth-order valence-corrected chi connectivity index (χ4v) is 2.95. The molecular formula is C18H37AlO2Zn. The second-order valence-corrected chi connectivity index (χ2v) is 6.68. The summed E-state index contributed by atoms with van der Waals surface area (Å²) in [7, 11) is 0. The van der Waals surface area contributed by atoms with Gasteiger partial charge in [0.2, 0.25) is 0 Å². The average Bonchev–Trinajstić information content (AvgIpc) is 2.50. The van der Waals surface area contributed by atoms with Gasteiger partial charge >= 0.3 is 16.6 Å². The van der Waals surface area contributed by atoms with E-state index in [1.165, 1.54) is 89.9 Å². The topological polar surface area (TPSA) is 26.3 Å². The van der Waals surface area contributed by atoms with Gasteiger partial charge in [-0.1, -0.05) is 96.8 Å². The van der Waals surface area contributed by atoms with Gasteiger partial charge in [-0.2, -0.15) is 0 Å². The Morgan fingerprint density at radius 2 is 1.00 bits per heavy atom. The minimum Gasteiger partial charge on any atom is -0.621 e. The van der Waals surface area contributed by atoms with Crippen LogP contribution in [0.25, 0.3) is 0 Å². The van der Waals surface area contributed by atoms with Gasteiger partial charge in [0.25, 0.3) is 5.97 Å². The van der Waals surface area contributed by atoms with E-state index < -0.39 is 0 Å². The van der Waals surface area contributed by atoms with E-state index in [0.29, 0.717) is 23.0 Å². The SMILES string of the molecule is CCCCCCCCCCCCCCCCCC(=O)[O][AlH2].[Zn]. The summed E-state index contributed by atoms with van der Waals surface area (Å²) in [6.07, 6.45) is 21.1. The molecule has 0 aromatic rings. The van der Waals surface area contributed by atoms with E-state index in [9.17, 15) is 4.79 Å². The van der Waals surface area contributed by atoms with Gasteiger partial charge in [0.05, 0.1) is 0 Å². The number of carbonyl (C=O) groups is 1. The molecule has 0 heterocycles. The second-order valence-electron chi connectivity index (χ2n) is 6.28. The molecule has 0 saturated carbocycles. The van der Waals surface area contributed by atoms with Crippen molar-refractivity contribution in [2.45, 2.75) is 110 Å². The van der Waals surface area contributed by atoms with E-state index in [2.05, 4.69) is 6.92 Å². The van der Waals surface area contributed by atoms with Crippen LogP contribution < -0.4 is 0 Å². The molecule has 0 bridgehead atoms. The van der Waals surface area contributed by atoms with E-state index in [4.69, 9.17) is 3.79 Å². The first-order chi connectivity index (χ1) is 10.3. The van der Waals surface area contributed by atoms with Crippen molar-refractivity contribution in [2.24, 2.45) is 0 Å². The third-order valence-electron chi connectivity index (χ3n) is 4.21. The zero-order valence-corrected chi connectivity index (χ0v) is 20.3. The van der Waals surface area contributed by atoms with Crippen LogP contribution in [-0.2, 0) is 28.1 Å². The predicted octanol–water partition coefficient (Wildman–Crippen LogP) is 5.34. The van der Waals surface area contributed by atoms with Crippen molar-refractivity contribution in [3.8, 4) is 0 Å². The number of carbonyl (C=O) groups excluding carboxylic acids is 1. The van der Waals surface area contributed by atoms with Gasteiger partial charge in [0.15, 0.2) is 0 Å². The normalized spacial score (nSPS) is 10.2. The zero-order valence-electron chi connectivity index (χ0n) is 15.3. The fraction of sp³-hybridized carbons (Fsp3) is 0.944. The Kier molecular flexibility index (Phi) is 24.4. The number of hydrogen-bond acceptors (Lipinski definition) is 2. The first-order valence-corrected chi connectivity index (χ1v) is 10.2. The Bertz CT molecular complexity index is 225. The quantitative estimate of drug-likeness (QED) is 0.268. The number of unbranched alkanes of at least 4 members (excludes halogenated alkanes) is 14. The van der Waals surface area contributed by atoms with Gasteiger partial charge in [-0.3, -0.25) is 4.79 Å². The molecule has 126 valence electrons. The molecule has 2 nitrogen and oxygen atoms in total. The second kappa shape index (κ2) is 21.6. The molecule has 0 radical (unpaired) electrons. The molecule has 0 N–H and O–H groups in total. The molecule has 0 aliphatic carbocycles. The minimum atomic E-state index is -0.00337. The molecule has 0 fully saturated rings. The van der Waals surface area contributed by atoms with Crippen LogP contribution in [0, 0.1) is 0 Å². The molecule has 0 spiro atoms. The van der Waals surface area contributed by atoms with Gasteiger partial charge in [0.1, 0.15) is 0 Å². The summed E-state index contributed by atoms with van der Waals surface area (Å²) in [5.74, 6) is -0.00337. The van der Waals surface area contributed by atoms with Crippen LogP contribution in [0.2, 0.25) is 0 Å². The summed E-state index contributed by atoms with van der Waals surface area (Å²) in [6.45, 7) is 2.28. The summed E-state index contributed by atoms with van der Waals surface area (Å²) < 4.78 is 4.77. The fourth-order valence-electron chi connectivity index (χ4n) is 2.74. The van der Waals surface area contributed by atoms with Gasteiger partial charge in [0, 0.05) is 25.9 Å². The van der Waals surface area contributed by atoms with Gasteiger partial charge in [-0.25, -0.2) is 0 Å². The largest absolute Gasteiger partial charge is 0.621 e. The van der Waals surface area contributed by atoms with Crippen LogP contribution in [0.4, 0.5) is 0 Å². The third-order valence-corrected chi connectivity index (χ3v) is 4.67. The first kappa shape index (κ1) is 24.9. The van der Waals surface area contributed by atoms with Crippen molar-refractivity contribution in [3.63, 3.8) is 0 Å². The average molecular weight is 378 g/mol. The van der Waals surface area contributed by atoms with Crippen molar-refractivity contribution in [3.05, 3.63) is 0 Å². The Morgan fingerprint density at radius 1 is 0.682 bits per heavy atom. The molecule has 0 atom stereocenters. The zero-order chi connectivity index (χ0) is 15.6. The monoisotopic (exact) mass is 376 g/mol. The van der Waals surface area contributed by atoms with Crippen molar-refractivity contribution in [1.82, 2.24) is 0 Å². The van der Waals surface area contributed by atoms with Crippen LogP contribution >= 0.6 is 0 Å². The molecule has 0 aromatic carbocycles. The summed E-state index contributed by atoms with van der Waals surface area (Å²) in [4.78, 5) is 11.0. The van der Waals surface area contributed by atoms with E-state index in [1.54, 1.807) is 0 Å². The standard InChI is InChI=1S/C18H36O2.Al.Zn.2H/c1-2-3-4-5-6-7-8-9-10-11-12-13-14-15-16-17-18(19)20;;;;/h2-17H2,1H3,(H,19,20);;;;/q;+1;;;/p-1. The Labute approximate surface area is 160 Å². The molecular weight excluding hydrogens is 341 g/mol. The van der Waals surface area contributed by atoms with Gasteiger partial charge in [-0.15, -0.1) is 0 Å². The smallest absolute Gasteiger partial charge is 0.499 e. The Morgan fingerprint density at radius 3 is 1.32 bits per heavy atom. The minimum absolute atomic E-state index is 0. The maximum Gasteiger partial charge on any atom is 0.499 e. The van der Waals surface area contributed by atoms with E-state index >= 15 is 0 Å². The van der Waals surface area contributed by atoms with E-state index in [-0.39, 0.29) is 25.4 Å². The van der Waals surface area contributed by atoms with Crippen molar-refractivity contribution >= 4 is 22.6 Å².